The maximum atomic E-state index is 13.0. The molecule has 2 heterocycles. The average molecular weight is 406 g/mol. The zero-order chi connectivity index (χ0) is 20.1. The maximum Gasteiger partial charge on any atom is 0.258 e. The molecule has 9 heteroatoms. The molecule has 0 bridgehead atoms. The first-order chi connectivity index (χ1) is 13.5. The second-order valence-corrected chi connectivity index (χ2v) is 7.01. The summed E-state index contributed by atoms with van der Waals surface area (Å²) < 4.78 is 7.22. The van der Waals surface area contributed by atoms with Gasteiger partial charge in [0.15, 0.2) is 0 Å². The van der Waals surface area contributed by atoms with Gasteiger partial charge in [0, 0.05) is 31.1 Å². The van der Waals surface area contributed by atoms with Crippen molar-refractivity contribution in [2.45, 2.75) is 38.8 Å². The summed E-state index contributed by atoms with van der Waals surface area (Å²) in [5.74, 6) is 0.863. The first-order valence-corrected chi connectivity index (χ1v) is 9.71. The number of amides is 2. The maximum absolute atomic E-state index is 13.0. The first kappa shape index (κ1) is 20.1. The molecule has 1 N–H and O–H groups in total. The summed E-state index contributed by atoms with van der Waals surface area (Å²) in [4.78, 5) is 27.3. The van der Waals surface area contributed by atoms with Crippen LogP contribution in [0.2, 0.25) is 5.02 Å². The van der Waals surface area contributed by atoms with E-state index in [0.29, 0.717) is 42.3 Å². The molecule has 28 heavy (non-hydrogen) atoms. The third-order valence-corrected chi connectivity index (χ3v) is 5.13. The van der Waals surface area contributed by atoms with Gasteiger partial charge in [0.05, 0.1) is 12.7 Å². The van der Waals surface area contributed by atoms with E-state index in [1.54, 1.807) is 29.4 Å². The lowest BCUT2D eigenvalue weighted by Gasteiger charge is -2.25. The molecule has 150 valence electrons. The molecule has 1 aliphatic heterocycles. The molecule has 1 aromatic heterocycles. The normalized spacial score (nSPS) is 16.2. The van der Waals surface area contributed by atoms with E-state index in [1.165, 1.54) is 7.11 Å². The molecule has 2 amide bonds. The molecule has 1 unspecified atom stereocenters. The molecule has 8 nitrogen and oxygen atoms in total. The van der Waals surface area contributed by atoms with E-state index >= 15 is 0 Å². The van der Waals surface area contributed by atoms with Crippen molar-refractivity contribution in [1.29, 1.82) is 0 Å². The molecule has 2 aromatic rings. The fraction of sp³-hybridized carbons (Fsp3) is 0.474. The lowest BCUT2D eigenvalue weighted by molar-refractivity contribution is -0.124. The van der Waals surface area contributed by atoms with Crippen molar-refractivity contribution in [2.24, 2.45) is 0 Å². The van der Waals surface area contributed by atoms with Crippen molar-refractivity contribution in [2.75, 3.05) is 20.2 Å². The summed E-state index contributed by atoms with van der Waals surface area (Å²) in [6.45, 7) is 3.76. The lowest BCUT2D eigenvalue weighted by Crippen LogP contribution is -2.46. The van der Waals surface area contributed by atoms with Gasteiger partial charge < -0.3 is 19.5 Å². The Morgan fingerprint density at radius 2 is 2.21 bits per heavy atom. The van der Waals surface area contributed by atoms with E-state index < -0.39 is 6.04 Å². The van der Waals surface area contributed by atoms with E-state index in [-0.39, 0.29) is 11.8 Å². The minimum Gasteiger partial charge on any atom is -0.496 e. The Morgan fingerprint density at radius 1 is 1.39 bits per heavy atom. The van der Waals surface area contributed by atoms with E-state index in [9.17, 15) is 9.59 Å². The summed E-state index contributed by atoms with van der Waals surface area (Å²) in [7, 11) is 1.50. The van der Waals surface area contributed by atoms with Crippen LogP contribution < -0.4 is 10.1 Å². The van der Waals surface area contributed by atoms with Crippen LogP contribution in [0.25, 0.3) is 0 Å². The quantitative estimate of drug-likeness (QED) is 0.760. The van der Waals surface area contributed by atoms with E-state index in [0.717, 1.165) is 18.8 Å². The zero-order valence-electron chi connectivity index (χ0n) is 16.0. The molecule has 1 atom stereocenters. The molecule has 0 saturated carbocycles. The second kappa shape index (κ2) is 9.05. The number of hydrogen-bond donors (Lipinski definition) is 1. The Bertz CT molecular complexity index is 854. The van der Waals surface area contributed by atoms with Crippen LogP contribution in [-0.2, 0) is 17.8 Å². The van der Waals surface area contributed by atoms with Crippen molar-refractivity contribution in [1.82, 2.24) is 25.0 Å². The highest BCUT2D eigenvalue weighted by molar-refractivity contribution is 6.31. The number of methoxy groups -OCH3 is 1. The van der Waals surface area contributed by atoms with Gasteiger partial charge in [-0.15, -0.1) is 10.2 Å². The summed E-state index contributed by atoms with van der Waals surface area (Å²) >= 11 is 6.05. The topological polar surface area (TPSA) is 89.4 Å². The molecule has 3 rings (SSSR count). The van der Waals surface area contributed by atoms with Crippen LogP contribution in [0.1, 0.15) is 35.9 Å². The number of aromatic nitrogens is 3. The van der Waals surface area contributed by atoms with Crippen molar-refractivity contribution < 1.29 is 14.3 Å². The number of nitrogens with one attached hydrogen (secondary N) is 1. The largest absolute Gasteiger partial charge is 0.496 e. The second-order valence-electron chi connectivity index (χ2n) is 6.58. The van der Waals surface area contributed by atoms with Gasteiger partial charge in [-0.25, -0.2) is 0 Å². The van der Waals surface area contributed by atoms with Gasteiger partial charge in [0.2, 0.25) is 5.91 Å². The third-order valence-electron chi connectivity index (χ3n) is 4.89. The van der Waals surface area contributed by atoms with E-state index in [4.69, 9.17) is 16.3 Å². The molecule has 1 fully saturated rings. The summed E-state index contributed by atoms with van der Waals surface area (Å²) in [6, 6.07) is 4.40. The van der Waals surface area contributed by atoms with E-state index in [1.807, 2.05) is 11.5 Å². The predicted octanol–water partition coefficient (Wildman–Crippen LogP) is 1.92. The number of hydrogen-bond acceptors (Lipinski definition) is 5. The Morgan fingerprint density at radius 3 is 2.96 bits per heavy atom. The van der Waals surface area contributed by atoms with Crippen molar-refractivity contribution in [3.05, 3.63) is 40.9 Å². The van der Waals surface area contributed by atoms with Gasteiger partial charge in [-0.2, -0.15) is 0 Å². The van der Waals surface area contributed by atoms with Gasteiger partial charge in [0.1, 0.15) is 23.9 Å². The molecule has 0 aliphatic carbocycles. The number of nitrogens with zero attached hydrogens (tertiary/aromatic N) is 4. The minimum atomic E-state index is -0.500. The fourth-order valence-electron chi connectivity index (χ4n) is 3.44. The minimum absolute atomic E-state index is 0.158. The standard InChI is InChI=1S/C19H24ClN5O3/c1-3-24-12-22-23-17(24)8-9-21-18(26)15-5-4-10-25(15)19(27)14-11-13(20)6-7-16(14)28-2/h6-7,11-12,15H,3-5,8-10H2,1-2H3,(H,21,26). The molecular formula is C19H24ClN5O3. The monoisotopic (exact) mass is 405 g/mol. The number of benzene rings is 1. The van der Waals surface area contributed by atoms with Crippen LogP contribution >= 0.6 is 11.6 Å². The molecular weight excluding hydrogens is 382 g/mol. The number of likely N-dealkylation sites (tertiary alicyclic amines) is 1. The van der Waals surface area contributed by atoms with Gasteiger partial charge in [0.25, 0.3) is 5.91 Å². The SMILES string of the molecule is CCn1cnnc1CCNC(=O)C1CCCN1C(=O)c1cc(Cl)ccc1OC. The third kappa shape index (κ3) is 4.27. The van der Waals surface area contributed by atoms with Crippen LogP contribution in [0.3, 0.4) is 0 Å². The van der Waals surface area contributed by atoms with Crippen LogP contribution in [0.5, 0.6) is 5.75 Å². The number of carbonyl (C=O) groups excluding carboxylic acids is 2. The highest BCUT2D eigenvalue weighted by Gasteiger charge is 2.35. The van der Waals surface area contributed by atoms with Crippen molar-refractivity contribution in [3.63, 3.8) is 0 Å². The van der Waals surface area contributed by atoms with Gasteiger partial charge in [-0.3, -0.25) is 9.59 Å². The zero-order valence-corrected chi connectivity index (χ0v) is 16.8. The highest BCUT2D eigenvalue weighted by Crippen LogP contribution is 2.27. The average Bonchev–Trinajstić information content (AvgIpc) is 3.36. The van der Waals surface area contributed by atoms with Crippen LogP contribution in [0.4, 0.5) is 0 Å². The molecule has 1 aliphatic rings. The Balaban J connectivity index is 1.64. The number of ether oxygens (including phenoxy) is 1. The molecule has 0 radical (unpaired) electrons. The van der Waals surface area contributed by atoms with Gasteiger partial charge >= 0.3 is 0 Å². The molecule has 1 aromatic carbocycles. The summed E-state index contributed by atoms with van der Waals surface area (Å²) in [5.41, 5.74) is 0.366. The van der Waals surface area contributed by atoms with Gasteiger partial charge in [-0.1, -0.05) is 11.6 Å². The number of aryl methyl sites for hydroxylation is 1. The van der Waals surface area contributed by atoms with Crippen molar-refractivity contribution in [3.8, 4) is 5.75 Å². The Hall–Kier alpha value is -2.61. The van der Waals surface area contributed by atoms with Crippen LogP contribution in [0, 0.1) is 0 Å². The Kier molecular flexibility index (Phi) is 6.51. The number of halogens is 1. The van der Waals surface area contributed by atoms with Crippen LogP contribution in [0.15, 0.2) is 24.5 Å². The summed E-state index contributed by atoms with van der Waals surface area (Å²) in [5, 5.41) is 11.3. The fourth-order valence-corrected chi connectivity index (χ4v) is 3.61. The lowest BCUT2D eigenvalue weighted by atomic mass is 10.1. The molecule has 0 spiro atoms. The van der Waals surface area contributed by atoms with Crippen molar-refractivity contribution >= 4 is 23.4 Å². The number of rotatable bonds is 7. The van der Waals surface area contributed by atoms with Gasteiger partial charge in [-0.05, 0) is 38.0 Å². The number of carbonyl (C=O) groups is 2. The summed E-state index contributed by atoms with van der Waals surface area (Å²) in [6.07, 6.45) is 3.66. The Labute approximate surface area is 168 Å². The van der Waals surface area contributed by atoms with Crippen LogP contribution in [-0.4, -0.2) is 57.7 Å². The molecule has 1 saturated heterocycles. The highest BCUT2D eigenvalue weighted by atomic mass is 35.5. The smallest absolute Gasteiger partial charge is 0.258 e. The van der Waals surface area contributed by atoms with E-state index in [2.05, 4.69) is 15.5 Å². The first-order valence-electron chi connectivity index (χ1n) is 9.34. The predicted molar refractivity (Wildman–Crippen MR) is 104 cm³/mol.